The molecule has 5 heteroatoms. The zero-order valence-corrected chi connectivity index (χ0v) is 8.30. The van der Waals surface area contributed by atoms with Gasteiger partial charge in [-0.3, -0.25) is 4.90 Å². The summed E-state index contributed by atoms with van der Waals surface area (Å²) in [6, 6.07) is 1.90. The number of nitrogens with zero attached hydrogens (tertiary/aromatic N) is 1. The summed E-state index contributed by atoms with van der Waals surface area (Å²) in [4.78, 5) is 1.67. The topological polar surface area (TPSA) is 23.5 Å². The molecule has 0 aromatic heterocycles. The summed E-state index contributed by atoms with van der Waals surface area (Å²) in [5, 5.41) is 8.62. The van der Waals surface area contributed by atoms with Crippen LogP contribution in [0.25, 0.3) is 0 Å². The molecular formula is C10H12F3NO. The summed E-state index contributed by atoms with van der Waals surface area (Å²) in [6.45, 7) is 0.609. The molecule has 0 atom stereocenters. The summed E-state index contributed by atoms with van der Waals surface area (Å²) in [5.74, 6) is -3.84. The van der Waals surface area contributed by atoms with Gasteiger partial charge in [0.05, 0.1) is 6.61 Å². The number of halogens is 3. The van der Waals surface area contributed by atoms with E-state index in [2.05, 4.69) is 0 Å². The molecule has 1 N–H and O–H groups in total. The van der Waals surface area contributed by atoms with E-state index in [0.29, 0.717) is 12.1 Å². The Morgan fingerprint density at radius 2 is 1.73 bits per heavy atom. The first-order chi connectivity index (χ1) is 7.04. The summed E-state index contributed by atoms with van der Waals surface area (Å²) in [6.07, 6.45) is 0. The maximum atomic E-state index is 12.8. The Hall–Kier alpha value is -1.07. The second kappa shape index (κ2) is 5.14. The van der Waals surface area contributed by atoms with Crippen LogP contribution in [0.5, 0.6) is 0 Å². The zero-order chi connectivity index (χ0) is 11.4. The van der Waals surface area contributed by atoms with E-state index in [1.807, 2.05) is 0 Å². The molecule has 0 spiro atoms. The van der Waals surface area contributed by atoms with Gasteiger partial charge in [-0.25, -0.2) is 13.2 Å². The van der Waals surface area contributed by atoms with Crippen molar-refractivity contribution in [3.8, 4) is 0 Å². The van der Waals surface area contributed by atoms with E-state index < -0.39 is 17.5 Å². The van der Waals surface area contributed by atoms with Crippen LogP contribution >= 0.6 is 0 Å². The Bertz CT molecular complexity index is 320. The fourth-order valence-electron chi connectivity index (χ4n) is 1.26. The number of hydrogen-bond acceptors (Lipinski definition) is 2. The molecule has 0 amide bonds. The van der Waals surface area contributed by atoms with Gasteiger partial charge in [0.2, 0.25) is 0 Å². The van der Waals surface area contributed by atoms with Crippen molar-refractivity contribution in [2.75, 3.05) is 20.2 Å². The number of benzene rings is 1. The van der Waals surface area contributed by atoms with Crippen LogP contribution in [-0.2, 0) is 6.54 Å². The van der Waals surface area contributed by atoms with Gasteiger partial charge in [0.15, 0.2) is 17.5 Å². The minimum absolute atomic E-state index is 0.0390. The van der Waals surface area contributed by atoms with E-state index in [0.717, 1.165) is 12.1 Å². The lowest BCUT2D eigenvalue weighted by molar-refractivity contribution is 0.217. The SMILES string of the molecule is CN(CCO)Cc1cc(F)c(F)c(F)c1. The predicted octanol–water partition coefficient (Wildman–Crippen LogP) is 1.53. The molecule has 0 fully saturated rings. The number of rotatable bonds is 4. The van der Waals surface area contributed by atoms with Crippen molar-refractivity contribution in [2.24, 2.45) is 0 Å². The van der Waals surface area contributed by atoms with Crippen LogP contribution in [0.2, 0.25) is 0 Å². The summed E-state index contributed by atoms with van der Waals surface area (Å²) in [7, 11) is 1.69. The molecule has 0 aliphatic heterocycles. The number of aliphatic hydroxyl groups is 1. The Balaban J connectivity index is 2.78. The van der Waals surface area contributed by atoms with Gasteiger partial charge in [-0.15, -0.1) is 0 Å². The van der Waals surface area contributed by atoms with E-state index in [4.69, 9.17) is 5.11 Å². The summed E-state index contributed by atoms with van der Waals surface area (Å²) in [5.41, 5.74) is 0.336. The predicted molar refractivity (Wildman–Crippen MR) is 49.7 cm³/mol. The quantitative estimate of drug-likeness (QED) is 0.776. The highest BCUT2D eigenvalue weighted by Crippen LogP contribution is 2.14. The average Bonchev–Trinajstić information content (AvgIpc) is 2.14. The highest BCUT2D eigenvalue weighted by atomic mass is 19.2. The van der Waals surface area contributed by atoms with Crippen molar-refractivity contribution in [1.29, 1.82) is 0 Å². The molecule has 0 saturated carbocycles. The molecule has 1 rings (SSSR count). The van der Waals surface area contributed by atoms with E-state index in [9.17, 15) is 13.2 Å². The Morgan fingerprint density at radius 3 is 2.20 bits per heavy atom. The largest absolute Gasteiger partial charge is 0.395 e. The van der Waals surface area contributed by atoms with Gasteiger partial charge in [0.25, 0.3) is 0 Å². The molecule has 0 heterocycles. The van der Waals surface area contributed by atoms with E-state index in [1.54, 1.807) is 11.9 Å². The van der Waals surface area contributed by atoms with Gasteiger partial charge in [-0.1, -0.05) is 0 Å². The molecule has 15 heavy (non-hydrogen) atoms. The summed E-state index contributed by atoms with van der Waals surface area (Å²) < 4.78 is 38.2. The standard InChI is InChI=1S/C10H12F3NO/c1-14(2-3-15)6-7-4-8(11)10(13)9(12)5-7/h4-5,15H,2-3,6H2,1H3. The lowest BCUT2D eigenvalue weighted by atomic mass is 10.2. The molecule has 0 bridgehead atoms. The highest BCUT2D eigenvalue weighted by Gasteiger charge is 2.11. The highest BCUT2D eigenvalue weighted by molar-refractivity contribution is 5.19. The van der Waals surface area contributed by atoms with Gasteiger partial charge in [0, 0.05) is 13.1 Å². The second-order valence-electron chi connectivity index (χ2n) is 3.33. The maximum absolute atomic E-state index is 12.8. The number of hydrogen-bond donors (Lipinski definition) is 1. The van der Waals surface area contributed by atoms with Gasteiger partial charge in [-0.05, 0) is 24.7 Å². The van der Waals surface area contributed by atoms with Crippen molar-refractivity contribution in [1.82, 2.24) is 4.90 Å². The van der Waals surface area contributed by atoms with E-state index >= 15 is 0 Å². The molecule has 0 radical (unpaired) electrons. The first kappa shape index (κ1) is 12.0. The molecule has 84 valence electrons. The minimum Gasteiger partial charge on any atom is -0.395 e. The Labute approximate surface area is 85.9 Å². The van der Waals surface area contributed by atoms with Crippen molar-refractivity contribution in [3.63, 3.8) is 0 Å². The minimum atomic E-state index is -1.46. The molecule has 0 aliphatic carbocycles. The van der Waals surface area contributed by atoms with Crippen molar-refractivity contribution in [3.05, 3.63) is 35.1 Å². The van der Waals surface area contributed by atoms with Crippen LogP contribution in [0.4, 0.5) is 13.2 Å². The fourth-order valence-corrected chi connectivity index (χ4v) is 1.26. The second-order valence-corrected chi connectivity index (χ2v) is 3.33. The van der Waals surface area contributed by atoms with Crippen LogP contribution < -0.4 is 0 Å². The summed E-state index contributed by atoms with van der Waals surface area (Å²) >= 11 is 0. The molecule has 0 aliphatic rings. The fraction of sp³-hybridized carbons (Fsp3) is 0.400. The average molecular weight is 219 g/mol. The maximum Gasteiger partial charge on any atom is 0.194 e. The first-order valence-corrected chi connectivity index (χ1v) is 4.47. The third kappa shape index (κ3) is 3.21. The third-order valence-corrected chi connectivity index (χ3v) is 1.98. The monoisotopic (exact) mass is 219 g/mol. The molecule has 0 saturated heterocycles. The molecular weight excluding hydrogens is 207 g/mol. The molecule has 1 aromatic rings. The third-order valence-electron chi connectivity index (χ3n) is 1.98. The van der Waals surface area contributed by atoms with Crippen LogP contribution in [0.1, 0.15) is 5.56 Å². The zero-order valence-electron chi connectivity index (χ0n) is 8.30. The molecule has 1 aromatic carbocycles. The van der Waals surface area contributed by atoms with E-state index in [-0.39, 0.29) is 13.2 Å². The lowest BCUT2D eigenvalue weighted by Crippen LogP contribution is -2.21. The van der Waals surface area contributed by atoms with Gasteiger partial charge < -0.3 is 5.11 Å². The van der Waals surface area contributed by atoms with Gasteiger partial charge >= 0.3 is 0 Å². The van der Waals surface area contributed by atoms with Crippen molar-refractivity contribution >= 4 is 0 Å². The molecule has 0 unspecified atom stereocenters. The van der Waals surface area contributed by atoms with Crippen LogP contribution in [0, 0.1) is 17.5 Å². The Morgan fingerprint density at radius 1 is 1.20 bits per heavy atom. The van der Waals surface area contributed by atoms with Crippen LogP contribution in [0.15, 0.2) is 12.1 Å². The van der Waals surface area contributed by atoms with E-state index in [1.165, 1.54) is 0 Å². The van der Waals surface area contributed by atoms with Gasteiger partial charge in [0.1, 0.15) is 0 Å². The van der Waals surface area contributed by atoms with Crippen molar-refractivity contribution < 1.29 is 18.3 Å². The van der Waals surface area contributed by atoms with Crippen LogP contribution in [-0.4, -0.2) is 30.2 Å². The van der Waals surface area contributed by atoms with Crippen molar-refractivity contribution in [2.45, 2.75) is 6.54 Å². The van der Waals surface area contributed by atoms with Gasteiger partial charge in [-0.2, -0.15) is 0 Å². The lowest BCUT2D eigenvalue weighted by Gasteiger charge is -2.15. The first-order valence-electron chi connectivity index (χ1n) is 4.47. The van der Waals surface area contributed by atoms with Crippen LogP contribution in [0.3, 0.4) is 0 Å². The molecule has 2 nitrogen and oxygen atoms in total. The Kier molecular flexibility index (Phi) is 4.11. The number of likely N-dealkylation sites (N-methyl/N-ethyl adjacent to an activating group) is 1. The number of aliphatic hydroxyl groups excluding tert-OH is 1. The normalized spacial score (nSPS) is 11.1. The smallest absolute Gasteiger partial charge is 0.194 e.